The first-order chi connectivity index (χ1) is 14.1. The Labute approximate surface area is 173 Å². The third-order valence-corrected chi connectivity index (χ3v) is 5.92. The highest BCUT2D eigenvalue weighted by atomic mass is 32.2. The zero-order valence-corrected chi connectivity index (χ0v) is 17.4. The van der Waals surface area contributed by atoms with Gasteiger partial charge in [0.2, 0.25) is 11.7 Å². The number of benzene rings is 2. The molecule has 148 valence electrons. The fourth-order valence-electron chi connectivity index (χ4n) is 3.17. The smallest absolute Gasteiger partial charge is 0.262 e. The van der Waals surface area contributed by atoms with Crippen LogP contribution in [0.15, 0.2) is 63.0 Å². The summed E-state index contributed by atoms with van der Waals surface area (Å²) in [7, 11) is 0. The molecular formula is C22H22N4O2S. The molecule has 0 radical (unpaired) electrons. The molecule has 4 aromatic rings. The topological polar surface area (TPSA) is 73.8 Å². The number of para-hydroxylation sites is 1. The maximum Gasteiger partial charge on any atom is 0.262 e. The summed E-state index contributed by atoms with van der Waals surface area (Å²) in [6, 6.07) is 15.4. The molecule has 0 N–H and O–H groups in total. The van der Waals surface area contributed by atoms with Crippen LogP contribution in [0, 0.1) is 6.92 Å². The van der Waals surface area contributed by atoms with Gasteiger partial charge in [-0.3, -0.25) is 9.36 Å². The molecule has 2 aromatic heterocycles. The second-order valence-corrected chi connectivity index (χ2v) is 7.90. The van der Waals surface area contributed by atoms with E-state index in [1.165, 1.54) is 11.8 Å². The van der Waals surface area contributed by atoms with Gasteiger partial charge in [0.05, 0.1) is 16.7 Å². The lowest BCUT2D eigenvalue weighted by molar-refractivity contribution is 0.391. The molecule has 2 heterocycles. The minimum atomic E-state index is -0.0152. The van der Waals surface area contributed by atoms with Gasteiger partial charge in [-0.15, -0.1) is 0 Å². The molecule has 0 spiro atoms. The van der Waals surface area contributed by atoms with E-state index < -0.39 is 0 Å². The highest BCUT2D eigenvalue weighted by Crippen LogP contribution is 2.26. The summed E-state index contributed by atoms with van der Waals surface area (Å²) in [5, 5.41) is 5.41. The fraction of sp³-hybridized carbons (Fsp3) is 0.273. The molecule has 0 unspecified atom stereocenters. The minimum Gasteiger partial charge on any atom is -0.338 e. The number of hydrogen-bond donors (Lipinski definition) is 0. The van der Waals surface area contributed by atoms with E-state index in [9.17, 15) is 4.79 Å². The maximum absolute atomic E-state index is 13.0. The summed E-state index contributed by atoms with van der Waals surface area (Å²) in [5.74, 6) is 1.52. The third-order valence-electron chi connectivity index (χ3n) is 4.99. The predicted molar refractivity (Wildman–Crippen MR) is 115 cm³/mol. The Bertz CT molecular complexity index is 1210. The predicted octanol–water partition coefficient (Wildman–Crippen LogP) is 5.02. The maximum atomic E-state index is 13.0. The molecule has 0 fully saturated rings. The largest absolute Gasteiger partial charge is 0.338 e. The van der Waals surface area contributed by atoms with E-state index in [2.05, 4.69) is 17.1 Å². The van der Waals surface area contributed by atoms with E-state index in [1.807, 2.05) is 62.4 Å². The zero-order valence-electron chi connectivity index (χ0n) is 16.6. The van der Waals surface area contributed by atoms with Crippen molar-refractivity contribution in [2.24, 2.45) is 0 Å². The molecule has 0 saturated carbocycles. The molecular weight excluding hydrogens is 384 g/mol. The number of fused-ring (bicyclic) bond motifs is 1. The van der Waals surface area contributed by atoms with Crippen LogP contribution in [0.4, 0.5) is 0 Å². The molecule has 0 saturated heterocycles. The van der Waals surface area contributed by atoms with Crippen molar-refractivity contribution in [3.05, 3.63) is 70.3 Å². The van der Waals surface area contributed by atoms with Gasteiger partial charge < -0.3 is 4.52 Å². The highest BCUT2D eigenvalue weighted by molar-refractivity contribution is 7.98. The minimum absolute atomic E-state index is 0.0152. The molecule has 1 atom stereocenters. The number of aryl methyl sites for hydroxylation is 1. The van der Waals surface area contributed by atoms with E-state index in [1.54, 1.807) is 4.57 Å². The Kier molecular flexibility index (Phi) is 5.49. The molecule has 0 aliphatic heterocycles. The Hall–Kier alpha value is -2.93. The number of nitrogens with zero attached hydrogens (tertiary/aromatic N) is 4. The Balaban J connectivity index is 1.65. The van der Waals surface area contributed by atoms with Gasteiger partial charge in [-0.1, -0.05) is 60.2 Å². The van der Waals surface area contributed by atoms with Gasteiger partial charge in [0.15, 0.2) is 5.16 Å². The molecule has 6 nitrogen and oxygen atoms in total. The van der Waals surface area contributed by atoms with E-state index in [0.717, 1.165) is 17.5 Å². The Morgan fingerprint density at radius 2 is 1.86 bits per heavy atom. The van der Waals surface area contributed by atoms with Crippen LogP contribution in [0.2, 0.25) is 0 Å². The summed E-state index contributed by atoms with van der Waals surface area (Å²) in [6.45, 7) is 6.11. The van der Waals surface area contributed by atoms with Gasteiger partial charge in [0, 0.05) is 11.6 Å². The van der Waals surface area contributed by atoms with Crippen LogP contribution in [0.5, 0.6) is 0 Å². The van der Waals surface area contributed by atoms with Gasteiger partial charge in [0.1, 0.15) is 0 Å². The molecule has 0 aliphatic rings. The fourth-order valence-corrected chi connectivity index (χ4v) is 4.11. The molecule has 2 aromatic carbocycles. The SMILES string of the molecule is CC[C@@H](C)n1c(SCc2nc(-c3ccccc3C)no2)nc2ccccc2c1=O. The average molecular weight is 407 g/mol. The van der Waals surface area contributed by atoms with Gasteiger partial charge in [-0.05, 0) is 38.0 Å². The van der Waals surface area contributed by atoms with Crippen LogP contribution in [-0.4, -0.2) is 19.7 Å². The van der Waals surface area contributed by atoms with Gasteiger partial charge in [-0.2, -0.15) is 4.98 Å². The quantitative estimate of drug-likeness (QED) is 0.331. The van der Waals surface area contributed by atoms with Crippen LogP contribution in [0.25, 0.3) is 22.3 Å². The van der Waals surface area contributed by atoms with E-state index >= 15 is 0 Å². The first kappa shape index (κ1) is 19.4. The second kappa shape index (κ2) is 8.21. The van der Waals surface area contributed by atoms with Crippen molar-refractivity contribution in [2.75, 3.05) is 0 Å². The number of hydrogen-bond acceptors (Lipinski definition) is 6. The normalized spacial score (nSPS) is 12.4. The Morgan fingerprint density at radius 1 is 1.10 bits per heavy atom. The van der Waals surface area contributed by atoms with E-state index in [0.29, 0.717) is 33.5 Å². The van der Waals surface area contributed by atoms with Gasteiger partial charge in [0.25, 0.3) is 5.56 Å². The van der Waals surface area contributed by atoms with Crippen molar-refractivity contribution in [3.63, 3.8) is 0 Å². The van der Waals surface area contributed by atoms with Crippen molar-refractivity contribution in [2.45, 2.75) is 44.1 Å². The van der Waals surface area contributed by atoms with Gasteiger partial charge >= 0.3 is 0 Å². The number of rotatable bonds is 6. The summed E-state index contributed by atoms with van der Waals surface area (Å²) < 4.78 is 7.21. The van der Waals surface area contributed by atoms with Crippen LogP contribution >= 0.6 is 11.8 Å². The molecule has 4 rings (SSSR count). The summed E-state index contributed by atoms with van der Waals surface area (Å²) in [5.41, 5.74) is 2.73. The second-order valence-electron chi connectivity index (χ2n) is 6.96. The van der Waals surface area contributed by atoms with Crippen molar-refractivity contribution in [3.8, 4) is 11.4 Å². The summed E-state index contributed by atoms with van der Waals surface area (Å²) in [6.07, 6.45) is 0.839. The number of thioether (sulfide) groups is 1. The first-order valence-electron chi connectivity index (χ1n) is 9.61. The van der Waals surface area contributed by atoms with E-state index in [-0.39, 0.29) is 11.6 Å². The summed E-state index contributed by atoms with van der Waals surface area (Å²) >= 11 is 1.44. The molecule has 0 bridgehead atoms. The van der Waals surface area contributed by atoms with Gasteiger partial charge in [-0.25, -0.2) is 4.98 Å². The molecule has 0 aliphatic carbocycles. The monoisotopic (exact) mass is 406 g/mol. The van der Waals surface area contributed by atoms with E-state index in [4.69, 9.17) is 9.51 Å². The van der Waals surface area contributed by atoms with Crippen LogP contribution in [0.3, 0.4) is 0 Å². The standard InChI is InChI=1S/C22H22N4O2S/c1-4-15(3)26-21(27)17-11-7-8-12-18(17)23-22(26)29-13-19-24-20(25-28-19)16-10-6-5-9-14(16)2/h5-12,15H,4,13H2,1-3H3/t15-/m1/s1. The lowest BCUT2D eigenvalue weighted by atomic mass is 10.1. The third kappa shape index (κ3) is 3.82. The summed E-state index contributed by atoms with van der Waals surface area (Å²) in [4.78, 5) is 22.3. The lowest BCUT2D eigenvalue weighted by Gasteiger charge is -2.17. The van der Waals surface area contributed by atoms with Crippen LogP contribution in [0.1, 0.15) is 37.8 Å². The molecule has 7 heteroatoms. The van der Waals surface area contributed by atoms with Crippen molar-refractivity contribution < 1.29 is 4.52 Å². The van der Waals surface area contributed by atoms with Crippen molar-refractivity contribution in [1.29, 1.82) is 0 Å². The highest BCUT2D eigenvalue weighted by Gasteiger charge is 2.17. The lowest BCUT2D eigenvalue weighted by Crippen LogP contribution is -2.26. The van der Waals surface area contributed by atoms with Crippen LogP contribution < -0.4 is 5.56 Å². The molecule has 29 heavy (non-hydrogen) atoms. The average Bonchev–Trinajstić information content (AvgIpc) is 3.21. The zero-order chi connectivity index (χ0) is 20.4. The first-order valence-corrected chi connectivity index (χ1v) is 10.6. The molecule has 0 amide bonds. The number of aromatic nitrogens is 4. The Morgan fingerprint density at radius 3 is 2.66 bits per heavy atom. The van der Waals surface area contributed by atoms with Crippen molar-refractivity contribution >= 4 is 22.7 Å². The van der Waals surface area contributed by atoms with Crippen LogP contribution in [-0.2, 0) is 5.75 Å². The van der Waals surface area contributed by atoms with Crippen molar-refractivity contribution in [1.82, 2.24) is 19.7 Å².